The van der Waals surface area contributed by atoms with Gasteiger partial charge in [-0.3, -0.25) is 4.79 Å². The molecule has 1 saturated heterocycles. The van der Waals surface area contributed by atoms with E-state index in [0.717, 1.165) is 41.2 Å². The third kappa shape index (κ3) is 6.78. The molecule has 152 valence electrons. The van der Waals surface area contributed by atoms with Gasteiger partial charge in [0.2, 0.25) is 15.9 Å². The molecule has 0 aromatic heterocycles. The number of carbonyl (C=O) groups excluding carboxylic acids is 1. The Morgan fingerprint density at radius 1 is 1.26 bits per heavy atom. The van der Waals surface area contributed by atoms with Crippen LogP contribution in [0.1, 0.15) is 26.2 Å². The van der Waals surface area contributed by atoms with Crippen LogP contribution in [0.15, 0.2) is 34.1 Å². The van der Waals surface area contributed by atoms with Crippen LogP contribution < -0.4 is 5.32 Å². The van der Waals surface area contributed by atoms with E-state index in [1.54, 1.807) is 36.0 Å². The molecule has 6 nitrogen and oxygen atoms in total. The second-order valence-electron chi connectivity index (χ2n) is 7.16. The summed E-state index contributed by atoms with van der Waals surface area (Å²) < 4.78 is 26.2. The summed E-state index contributed by atoms with van der Waals surface area (Å²) in [5.74, 6) is 0.546. The van der Waals surface area contributed by atoms with Crippen LogP contribution in [0.25, 0.3) is 0 Å². The second-order valence-corrected chi connectivity index (χ2v) is 10.1. The zero-order valence-corrected chi connectivity index (χ0v) is 18.1. The van der Waals surface area contributed by atoms with Crippen molar-refractivity contribution in [2.75, 3.05) is 46.0 Å². The van der Waals surface area contributed by atoms with Gasteiger partial charge in [0.25, 0.3) is 0 Å². The van der Waals surface area contributed by atoms with Gasteiger partial charge in [-0.05, 0) is 75.3 Å². The predicted octanol–water partition coefficient (Wildman–Crippen LogP) is 2.27. The van der Waals surface area contributed by atoms with Gasteiger partial charge in [0, 0.05) is 18.5 Å². The Hall–Kier alpha value is -1.09. The number of likely N-dealkylation sites (tertiary alicyclic amines) is 1. The van der Waals surface area contributed by atoms with Gasteiger partial charge in [0.05, 0.1) is 11.4 Å². The lowest BCUT2D eigenvalue weighted by Gasteiger charge is -2.30. The predicted molar refractivity (Wildman–Crippen MR) is 111 cm³/mol. The Labute approximate surface area is 167 Å². The fraction of sp³-hybridized carbons (Fsp3) is 0.632. The summed E-state index contributed by atoms with van der Waals surface area (Å²) in [4.78, 5) is 15.7. The molecule has 0 radical (unpaired) electrons. The van der Waals surface area contributed by atoms with Gasteiger partial charge in [0.15, 0.2) is 0 Å². The van der Waals surface area contributed by atoms with Crippen LogP contribution in [0.4, 0.5) is 0 Å². The molecule has 0 spiro atoms. The summed E-state index contributed by atoms with van der Waals surface area (Å²) in [6.45, 7) is 5.92. The van der Waals surface area contributed by atoms with E-state index < -0.39 is 10.0 Å². The van der Waals surface area contributed by atoms with E-state index in [2.05, 4.69) is 17.1 Å². The molecule has 0 aliphatic carbocycles. The van der Waals surface area contributed by atoms with Crippen LogP contribution in [0.3, 0.4) is 0 Å². The molecular weight excluding hydrogens is 382 g/mol. The number of piperidine rings is 1. The van der Waals surface area contributed by atoms with Gasteiger partial charge in [-0.2, -0.15) is 4.31 Å². The highest BCUT2D eigenvalue weighted by Crippen LogP contribution is 2.19. The molecule has 1 aromatic rings. The standard InChI is InChI=1S/C19H31N3O3S2/c1-16-9-13-22(14-10-16)12-4-11-20-19(23)15-21(2)27(24,25)18-7-5-17(26-3)6-8-18/h5-8,16H,4,9-15H2,1-3H3,(H,20,23). The summed E-state index contributed by atoms with van der Waals surface area (Å²) in [7, 11) is -2.22. The van der Waals surface area contributed by atoms with Crippen molar-refractivity contribution in [3.05, 3.63) is 24.3 Å². The molecule has 1 fully saturated rings. The van der Waals surface area contributed by atoms with E-state index in [9.17, 15) is 13.2 Å². The lowest BCUT2D eigenvalue weighted by Crippen LogP contribution is -2.39. The van der Waals surface area contributed by atoms with Gasteiger partial charge in [-0.1, -0.05) is 6.92 Å². The highest BCUT2D eigenvalue weighted by atomic mass is 32.2. The van der Waals surface area contributed by atoms with Gasteiger partial charge in [-0.25, -0.2) is 8.42 Å². The first-order valence-corrected chi connectivity index (χ1v) is 12.1. The van der Waals surface area contributed by atoms with Crippen molar-refractivity contribution in [1.82, 2.24) is 14.5 Å². The molecule has 1 aliphatic rings. The molecule has 1 aromatic carbocycles. The zero-order valence-electron chi connectivity index (χ0n) is 16.5. The minimum Gasteiger partial charge on any atom is -0.355 e. The molecular formula is C19H31N3O3S2. The number of hydrogen-bond acceptors (Lipinski definition) is 5. The molecule has 1 amide bonds. The van der Waals surface area contributed by atoms with E-state index >= 15 is 0 Å². The quantitative estimate of drug-likeness (QED) is 0.497. The van der Waals surface area contributed by atoms with Gasteiger partial charge < -0.3 is 10.2 Å². The molecule has 0 saturated carbocycles. The summed E-state index contributed by atoms with van der Waals surface area (Å²) in [5.41, 5.74) is 0. The first-order valence-electron chi connectivity index (χ1n) is 9.42. The Balaban J connectivity index is 1.73. The molecule has 1 N–H and O–H groups in total. The number of rotatable bonds is 9. The third-order valence-electron chi connectivity index (χ3n) is 4.98. The first kappa shape index (κ1) is 22.2. The first-order chi connectivity index (χ1) is 12.8. The molecule has 0 bridgehead atoms. The minimum atomic E-state index is -3.66. The van der Waals surface area contributed by atoms with Crippen LogP contribution in [-0.4, -0.2) is 69.6 Å². The number of amides is 1. The summed E-state index contributed by atoms with van der Waals surface area (Å²) in [6.07, 6.45) is 5.30. The number of benzene rings is 1. The number of hydrogen-bond donors (Lipinski definition) is 1. The fourth-order valence-corrected chi connectivity index (χ4v) is 4.62. The highest BCUT2D eigenvalue weighted by Gasteiger charge is 2.23. The zero-order chi connectivity index (χ0) is 19.9. The van der Waals surface area contributed by atoms with Crippen LogP contribution in [-0.2, 0) is 14.8 Å². The average Bonchev–Trinajstić information content (AvgIpc) is 2.66. The molecule has 0 unspecified atom stereocenters. The van der Waals surface area contributed by atoms with Crippen molar-refractivity contribution < 1.29 is 13.2 Å². The normalized spacial score (nSPS) is 16.6. The molecule has 27 heavy (non-hydrogen) atoms. The van der Waals surface area contributed by atoms with Crippen molar-refractivity contribution in [3.63, 3.8) is 0 Å². The summed E-state index contributed by atoms with van der Waals surface area (Å²) in [5, 5.41) is 2.83. The van der Waals surface area contributed by atoms with Crippen molar-refractivity contribution in [2.45, 2.75) is 36.0 Å². The fourth-order valence-electron chi connectivity index (χ4n) is 3.09. The van der Waals surface area contributed by atoms with E-state index in [1.165, 1.54) is 19.9 Å². The lowest BCUT2D eigenvalue weighted by atomic mass is 9.99. The van der Waals surface area contributed by atoms with Gasteiger partial charge in [-0.15, -0.1) is 11.8 Å². The maximum Gasteiger partial charge on any atom is 0.243 e. The number of carbonyl (C=O) groups is 1. The Morgan fingerprint density at radius 2 is 1.89 bits per heavy atom. The van der Waals surface area contributed by atoms with Crippen LogP contribution >= 0.6 is 11.8 Å². The second kappa shape index (κ2) is 10.5. The minimum absolute atomic E-state index is 0.173. The van der Waals surface area contributed by atoms with Gasteiger partial charge >= 0.3 is 0 Å². The number of nitrogens with one attached hydrogen (secondary N) is 1. The smallest absolute Gasteiger partial charge is 0.243 e. The highest BCUT2D eigenvalue weighted by molar-refractivity contribution is 7.98. The summed E-state index contributed by atoms with van der Waals surface area (Å²) >= 11 is 1.55. The number of likely N-dealkylation sites (N-methyl/N-ethyl adjacent to an activating group) is 1. The van der Waals surface area contributed by atoms with Crippen molar-refractivity contribution in [2.24, 2.45) is 5.92 Å². The third-order valence-corrected chi connectivity index (χ3v) is 7.54. The maximum atomic E-state index is 12.6. The maximum absolute atomic E-state index is 12.6. The van der Waals surface area contributed by atoms with Crippen molar-refractivity contribution in [3.8, 4) is 0 Å². The van der Waals surface area contributed by atoms with Crippen molar-refractivity contribution in [1.29, 1.82) is 0 Å². The molecule has 1 heterocycles. The SMILES string of the molecule is CSc1ccc(S(=O)(=O)N(C)CC(=O)NCCCN2CCC(C)CC2)cc1. The molecule has 1 aliphatic heterocycles. The van der Waals surface area contributed by atoms with Crippen LogP contribution in [0, 0.1) is 5.92 Å². The number of nitrogens with zero attached hydrogens (tertiary/aromatic N) is 2. The monoisotopic (exact) mass is 413 g/mol. The van der Waals surface area contributed by atoms with Gasteiger partial charge in [0.1, 0.15) is 0 Å². The largest absolute Gasteiger partial charge is 0.355 e. The Bertz CT molecular complexity index is 699. The number of sulfonamides is 1. The lowest BCUT2D eigenvalue weighted by molar-refractivity contribution is -0.121. The number of thioether (sulfide) groups is 1. The van der Waals surface area contributed by atoms with E-state index in [-0.39, 0.29) is 17.3 Å². The van der Waals surface area contributed by atoms with E-state index in [1.807, 2.05) is 6.26 Å². The Morgan fingerprint density at radius 3 is 2.48 bits per heavy atom. The topological polar surface area (TPSA) is 69.7 Å². The van der Waals surface area contributed by atoms with E-state index in [4.69, 9.17) is 0 Å². The van der Waals surface area contributed by atoms with E-state index in [0.29, 0.717) is 6.54 Å². The Kier molecular flexibility index (Phi) is 8.60. The molecule has 0 atom stereocenters. The summed E-state index contributed by atoms with van der Waals surface area (Å²) in [6, 6.07) is 6.70. The average molecular weight is 414 g/mol. The van der Waals surface area contributed by atoms with Crippen molar-refractivity contribution >= 4 is 27.7 Å². The molecule has 2 rings (SSSR count). The molecule has 8 heteroatoms. The van der Waals surface area contributed by atoms with Crippen LogP contribution in [0.5, 0.6) is 0 Å². The van der Waals surface area contributed by atoms with Crippen LogP contribution in [0.2, 0.25) is 0 Å².